The van der Waals surface area contributed by atoms with E-state index in [0.717, 1.165) is 8.61 Å². The lowest BCUT2D eigenvalue weighted by atomic mass is 9.98. The summed E-state index contributed by atoms with van der Waals surface area (Å²) in [5, 5.41) is 18.0. The minimum absolute atomic E-state index is 0.00339. The molecule has 0 saturated carbocycles. The van der Waals surface area contributed by atoms with Crippen molar-refractivity contribution in [1.82, 2.24) is 19.6 Å². The Morgan fingerprint density at radius 1 is 0.607 bits per heavy atom. The number of ether oxygens (including phenoxy) is 4. The highest BCUT2D eigenvalue weighted by molar-refractivity contribution is 7.91. The van der Waals surface area contributed by atoms with Crippen LogP contribution in [0.15, 0.2) is 0 Å². The topological polar surface area (TPSA) is 210 Å². The summed E-state index contributed by atoms with van der Waals surface area (Å²) >= 11 is 0. The molecule has 0 aromatic heterocycles. The van der Waals surface area contributed by atoms with Gasteiger partial charge in [0.15, 0.2) is 9.49 Å². The van der Waals surface area contributed by atoms with E-state index in [-0.39, 0.29) is 118 Å². The van der Waals surface area contributed by atoms with Gasteiger partial charge in [-0.05, 0) is 44.4 Å². The summed E-state index contributed by atoms with van der Waals surface area (Å²) in [6.45, 7) is -4.85. The summed E-state index contributed by atoms with van der Waals surface area (Å²) in [6.07, 6.45) is -11.5. The highest BCUT2D eigenvalue weighted by Gasteiger charge is 2.68. The van der Waals surface area contributed by atoms with E-state index in [1.54, 1.807) is 0 Å². The molecule has 2 amide bonds. The number of piperidine rings is 2. The van der Waals surface area contributed by atoms with Crippen LogP contribution in [0.2, 0.25) is 0 Å². The first kappa shape index (κ1) is 53.1. The fourth-order valence-corrected chi connectivity index (χ4v) is 11.4. The Balaban J connectivity index is 0.000000327. The van der Waals surface area contributed by atoms with Gasteiger partial charge in [-0.2, -0.15) is 35.1 Å². The maximum atomic E-state index is 13.7. The average Bonchev–Trinajstić information content (AvgIpc) is 3.20. The van der Waals surface area contributed by atoms with Gasteiger partial charge in [0.2, 0.25) is 20.0 Å². The first-order chi connectivity index (χ1) is 28.0. The zero-order chi connectivity index (χ0) is 46.3. The molecule has 61 heavy (non-hydrogen) atoms. The average molecular weight is 955 g/mol. The molecule has 29 heteroatoms. The zero-order valence-corrected chi connectivity index (χ0v) is 34.3. The van der Waals surface area contributed by atoms with Crippen molar-refractivity contribution in [2.75, 3.05) is 79.0 Å². The second-order valence-electron chi connectivity index (χ2n) is 15.2. The van der Waals surface area contributed by atoms with Crippen LogP contribution in [-0.2, 0) is 48.6 Å². The third-order valence-electron chi connectivity index (χ3n) is 11.4. The van der Waals surface area contributed by atoms with E-state index in [0.29, 0.717) is 0 Å². The lowest BCUT2D eigenvalue weighted by molar-refractivity contribution is -0.304. The maximum Gasteiger partial charge on any atom is 0.455 e. The predicted molar refractivity (Wildman–Crippen MR) is 185 cm³/mol. The molecule has 0 aliphatic carbocycles. The smallest absolute Gasteiger partial charge is 0.381 e. The number of halogens is 11. The second kappa shape index (κ2) is 20.3. The van der Waals surface area contributed by atoms with E-state index >= 15 is 0 Å². The lowest BCUT2D eigenvalue weighted by Crippen LogP contribution is -2.60. The van der Waals surface area contributed by atoms with E-state index in [9.17, 15) is 74.7 Å². The molecule has 4 rings (SSSR count). The SMILES string of the molecule is CC(F)(C(F)(F)F)C(F)(F)COCC1CCN(S(=O)(=O)C2(C(=O)NO)CCOCC2)CC1.O=C(NO)C1(S(=O)(=O)N2CCC(COCC(F)(F)C(F)(F)F)CC2)CCOCC1. The predicted octanol–water partition coefficient (Wildman–Crippen LogP) is 3.32. The van der Waals surface area contributed by atoms with E-state index in [4.69, 9.17) is 19.9 Å². The fourth-order valence-electron chi connectivity index (χ4n) is 7.07. The number of nitrogens with zero attached hydrogens (tertiary/aromatic N) is 2. The molecule has 4 aliphatic heterocycles. The van der Waals surface area contributed by atoms with Gasteiger partial charge < -0.3 is 18.9 Å². The molecule has 4 heterocycles. The summed E-state index contributed by atoms with van der Waals surface area (Å²) in [4.78, 5) is 24.4. The highest BCUT2D eigenvalue weighted by Crippen LogP contribution is 2.45. The van der Waals surface area contributed by atoms with Crippen LogP contribution < -0.4 is 11.0 Å². The van der Waals surface area contributed by atoms with Gasteiger partial charge in [0.1, 0.15) is 13.2 Å². The van der Waals surface area contributed by atoms with Crippen LogP contribution in [0.3, 0.4) is 0 Å². The van der Waals surface area contributed by atoms with Crippen molar-refractivity contribution in [3.63, 3.8) is 0 Å². The van der Waals surface area contributed by atoms with Gasteiger partial charge in [-0.1, -0.05) is 0 Å². The van der Waals surface area contributed by atoms with Gasteiger partial charge >= 0.3 is 24.2 Å². The Bertz CT molecular complexity index is 1680. The van der Waals surface area contributed by atoms with Crippen molar-refractivity contribution in [2.24, 2.45) is 11.8 Å². The second-order valence-corrected chi connectivity index (χ2v) is 19.7. The van der Waals surface area contributed by atoms with E-state index in [2.05, 4.69) is 9.47 Å². The van der Waals surface area contributed by atoms with Gasteiger partial charge in [0.05, 0.1) is 0 Å². The van der Waals surface area contributed by atoms with Crippen LogP contribution in [0.1, 0.15) is 58.3 Å². The molecule has 0 spiro atoms. The van der Waals surface area contributed by atoms with E-state index < -0.39 is 103 Å². The Morgan fingerprint density at radius 3 is 1.20 bits per heavy atom. The molecule has 4 aliphatic rings. The zero-order valence-electron chi connectivity index (χ0n) is 32.6. The molecule has 358 valence electrons. The number of nitrogens with one attached hydrogen (secondary N) is 2. The summed E-state index contributed by atoms with van der Waals surface area (Å²) in [5.74, 6) is -12.7. The number of carbonyl (C=O) groups is 2. The molecule has 16 nitrogen and oxygen atoms in total. The van der Waals surface area contributed by atoms with Crippen molar-refractivity contribution in [3.8, 4) is 0 Å². The molecular weight excluding hydrogens is 905 g/mol. The van der Waals surface area contributed by atoms with Crippen LogP contribution in [0.5, 0.6) is 0 Å². The van der Waals surface area contributed by atoms with Crippen molar-refractivity contribution in [2.45, 2.75) is 97.7 Å². The highest BCUT2D eigenvalue weighted by atomic mass is 32.2. The molecule has 4 N–H and O–H groups in total. The summed E-state index contributed by atoms with van der Waals surface area (Å²) in [7, 11) is -8.39. The number of hydrogen-bond donors (Lipinski definition) is 4. The molecule has 4 saturated heterocycles. The van der Waals surface area contributed by atoms with Crippen molar-refractivity contribution in [3.05, 3.63) is 0 Å². The quantitative estimate of drug-likeness (QED) is 0.106. The first-order valence-electron chi connectivity index (χ1n) is 18.8. The number of sulfonamides is 2. The molecule has 4 fully saturated rings. The molecule has 0 aromatic rings. The van der Waals surface area contributed by atoms with E-state index in [1.807, 2.05) is 0 Å². The first-order valence-corrected chi connectivity index (χ1v) is 21.6. The van der Waals surface area contributed by atoms with Gasteiger partial charge in [0.25, 0.3) is 17.5 Å². The van der Waals surface area contributed by atoms with Crippen molar-refractivity contribution < 1.29 is 104 Å². The Kier molecular flexibility index (Phi) is 17.7. The number of alkyl halides is 11. The normalized spacial score (nSPS) is 23.0. The van der Waals surface area contributed by atoms with Crippen LogP contribution in [0, 0.1) is 11.8 Å². The molecule has 0 radical (unpaired) electrons. The lowest BCUT2D eigenvalue weighted by Gasteiger charge is -2.40. The summed E-state index contributed by atoms with van der Waals surface area (Å²) < 4.78 is 211. The Labute approximate surface area is 343 Å². The third-order valence-corrected chi connectivity index (χ3v) is 16.6. The molecule has 1 unspecified atom stereocenters. The van der Waals surface area contributed by atoms with Gasteiger partial charge in [-0.3, -0.25) is 20.0 Å². The molecular formula is C32H49F11N4O12S2. The standard InChI is InChI=1S/C17H26F6N2O6S.C15H23F5N2O6S/c1-14(18,17(21,22)23)16(19,20)11-31-10-12-2-6-25(7-3-12)32(28,29)15(13(26)24-27)4-8-30-9-5-15;16-14(17,15(18,19)20)10-28-9-11-1-5-22(6-2-11)29(25,26)13(12(23)21-24)3-7-27-8-4-13/h12,27H,2-11H2,1H3,(H,24,26);11,24H,1-10H2,(H,21,23). The monoisotopic (exact) mass is 954 g/mol. The van der Waals surface area contributed by atoms with Gasteiger partial charge in [0, 0.05) is 91.5 Å². The largest absolute Gasteiger partial charge is 0.455 e. The van der Waals surface area contributed by atoms with E-state index in [1.165, 1.54) is 11.0 Å². The van der Waals surface area contributed by atoms with Crippen LogP contribution in [-0.4, -0.2) is 166 Å². The Morgan fingerprint density at radius 2 is 0.918 bits per heavy atom. The molecule has 0 bridgehead atoms. The Hall–Kier alpha value is -2.25. The number of hydrogen-bond acceptors (Lipinski definition) is 12. The molecule has 0 aromatic carbocycles. The summed E-state index contributed by atoms with van der Waals surface area (Å²) in [5.41, 5.74) is -1.97. The van der Waals surface area contributed by atoms with Crippen LogP contribution in [0.25, 0.3) is 0 Å². The van der Waals surface area contributed by atoms with Crippen LogP contribution in [0.4, 0.5) is 48.3 Å². The minimum atomic E-state index is -5.78. The summed E-state index contributed by atoms with van der Waals surface area (Å²) in [6, 6.07) is 0. The number of hydroxylamine groups is 2. The number of carbonyl (C=O) groups excluding carboxylic acids is 2. The number of amides is 2. The third kappa shape index (κ3) is 11.5. The van der Waals surface area contributed by atoms with Crippen molar-refractivity contribution in [1.29, 1.82) is 0 Å². The fraction of sp³-hybridized carbons (Fsp3) is 0.938. The van der Waals surface area contributed by atoms with Crippen LogP contribution >= 0.6 is 0 Å². The maximum absolute atomic E-state index is 13.7. The van der Waals surface area contributed by atoms with Gasteiger partial charge in [-0.15, -0.1) is 0 Å². The molecule has 1 atom stereocenters. The minimum Gasteiger partial charge on any atom is -0.381 e. The van der Waals surface area contributed by atoms with Crippen molar-refractivity contribution >= 4 is 31.9 Å². The van der Waals surface area contributed by atoms with Gasteiger partial charge in [-0.25, -0.2) is 49.6 Å². The number of rotatable bonds is 15.